The summed E-state index contributed by atoms with van der Waals surface area (Å²) in [7, 11) is 0. The minimum atomic E-state index is 0. The van der Waals surface area contributed by atoms with E-state index in [1.165, 1.54) is 10.8 Å². The van der Waals surface area contributed by atoms with Gasteiger partial charge in [-0.1, -0.05) is 0 Å². The van der Waals surface area contributed by atoms with E-state index in [1.807, 2.05) is 0 Å². The minimum absolute atomic E-state index is 0. The van der Waals surface area contributed by atoms with Crippen LogP contribution in [-0.4, -0.2) is 15.2 Å². The molecule has 1 aromatic carbocycles. The first-order valence-electron chi connectivity index (χ1n) is 4.58. The van der Waals surface area contributed by atoms with Crippen LogP contribution in [-0.2, 0) is 0 Å². The van der Waals surface area contributed by atoms with E-state index in [2.05, 4.69) is 45.0 Å². The molecule has 0 saturated heterocycles. The van der Waals surface area contributed by atoms with Gasteiger partial charge >= 0.3 is 81.4 Å². The summed E-state index contributed by atoms with van der Waals surface area (Å²) in [6, 6.07) is 8.96. The molecule has 0 fully saturated rings. The van der Waals surface area contributed by atoms with Crippen molar-refractivity contribution in [3.05, 3.63) is 29.8 Å². The van der Waals surface area contributed by atoms with Crippen LogP contribution in [0.15, 0.2) is 24.3 Å². The van der Waals surface area contributed by atoms with Gasteiger partial charge in [-0.15, -0.1) is 0 Å². The third-order valence-electron chi connectivity index (χ3n) is 1.90. The van der Waals surface area contributed by atoms with Crippen molar-refractivity contribution in [2.45, 2.75) is 26.1 Å². The second-order valence-electron chi connectivity index (χ2n) is 3.74. The zero-order chi connectivity index (χ0) is 8.97. The Morgan fingerprint density at radius 1 is 1.15 bits per heavy atom. The van der Waals surface area contributed by atoms with Gasteiger partial charge in [0, 0.05) is 0 Å². The number of halogens is 1. The summed E-state index contributed by atoms with van der Waals surface area (Å²) in [6.07, 6.45) is 0. The summed E-state index contributed by atoms with van der Waals surface area (Å²) in [5.41, 5.74) is 1.36. The Morgan fingerprint density at radius 3 is 2.15 bits per heavy atom. The summed E-state index contributed by atoms with van der Waals surface area (Å²) < 4.78 is 1.55. The van der Waals surface area contributed by atoms with E-state index in [0.29, 0.717) is 15.2 Å². The molecule has 0 aliphatic heterocycles. The molecule has 0 amide bonds. The first kappa shape index (κ1) is 12.7. The third kappa shape index (κ3) is 5.08. The van der Waals surface area contributed by atoms with Crippen LogP contribution in [0.4, 0.5) is 0 Å². The average molecular weight is 194 g/mol. The molecule has 0 N–H and O–H groups in total. The Morgan fingerprint density at radius 2 is 1.69 bits per heavy atom. The molecule has 0 radical (unpaired) electrons. The van der Waals surface area contributed by atoms with Gasteiger partial charge in [0.05, 0.1) is 0 Å². The van der Waals surface area contributed by atoms with Gasteiger partial charge in [-0.05, 0) is 0 Å². The molecule has 1 rings (SSSR count). The van der Waals surface area contributed by atoms with Gasteiger partial charge in [0.2, 0.25) is 0 Å². The largest absolute Gasteiger partial charge is 1.00 e. The van der Waals surface area contributed by atoms with E-state index < -0.39 is 0 Å². The van der Waals surface area contributed by atoms with E-state index >= 15 is 0 Å². The Labute approximate surface area is 86.4 Å². The quantitative estimate of drug-likeness (QED) is 0.564. The molecule has 0 spiro atoms. The van der Waals surface area contributed by atoms with E-state index in [9.17, 15) is 0 Å². The van der Waals surface area contributed by atoms with Crippen LogP contribution in [0.25, 0.3) is 0 Å². The number of benzene rings is 1. The predicted octanol–water partition coefficient (Wildman–Crippen LogP) is -0.597. The van der Waals surface area contributed by atoms with Crippen LogP contribution in [0.5, 0.6) is 0 Å². The number of rotatable bonds is 3. The van der Waals surface area contributed by atoms with E-state index in [0.717, 1.165) is 5.92 Å². The summed E-state index contributed by atoms with van der Waals surface area (Å²) in [5, 5.41) is 1.38. The number of aryl methyl sites for hydroxylation is 1. The van der Waals surface area contributed by atoms with E-state index in [-0.39, 0.29) is 4.70 Å². The van der Waals surface area contributed by atoms with Crippen molar-refractivity contribution < 1.29 is 4.70 Å². The first-order valence-corrected chi connectivity index (χ1v) is 5.98. The van der Waals surface area contributed by atoms with Crippen LogP contribution < -0.4 is 9.13 Å². The van der Waals surface area contributed by atoms with Crippen LogP contribution in [0.2, 0.25) is 5.28 Å². The van der Waals surface area contributed by atoms with Crippen LogP contribution in [0.1, 0.15) is 19.4 Å². The van der Waals surface area contributed by atoms with Gasteiger partial charge in [-0.2, -0.15) is 0 Å². The van der Waals surface area contributed by atoms with Crippen molar-refractivity contribution in [3.8, 4) is 0 Å². The van der Waals surface area contributed by atoms with Gasteiger partial charge < -0.3 is 4.70 Å². The van der Waals surface area contributed by atoms with Crippen LogP contribution in [0, 0.1) is 12.8 Å². The van der Waals surface area contributed by atoms with Gasteiger partial charge in [0.15, 0.2) is 0 Å². The molecule has 0 atom stereocenters. The fraction of sp³-hybridized carbons (Fsp3) is 0.455. The Hall–Kier alpha value is -0.318. The smallest absolute Gasteiger partial charge is 1.00 e. The van der Waals surface area contributed by atoms with Gasteiger partial charge in [-0.25, -0.2) is 0 Å². The SMILES string of the molecule is Cc1cc[c]([Al+][CH2]C(C)C)cc1.[F-]. The van der Waals surface area contributed by atoms with Crippen molar-refractivity contribution in [1.82, 2.24) is 0 Å². The molecule has 13 heavy (non-hydrogen) atoms. The van der Waals surface area contributed by atoms with Crippen LogP contribution in [0.3, 0.4) is 0 Å². The summed E-state index contributed by atoms with van der Waals surface area (Å²) in [4.78, 5) is 0. The number of hydrogen-bond acceptors (Lipinski definition) is 0. The topological polar surface area (TPSA) is 0 Å². The monoisotopic (exact) mass is 194 g/mol. The molecule has 1 aromatic rings. The number of hydrogen-bond donors (Lipinski definition) is 0. The second kappa shape index (κ2) is 6.18. The normalized spacial score (nSPS) is 9.23. The molecule has 0 aliphatic carbocycles. The molecule has 0 bridgehead atoms. The summed E-state index contributed by atoms with van der Waals surface area (Å²) in [5.74, 6) is 0.848. The minimum Gasteiger partial charge on any atom is -1.00 e. The van der Waals surface area contributed by atoms with Crippen molar-refractivity contribution >= 4 is 19.6 Å². The zero-order valence-electron chi connectivity index (χ0n) is 8.55. The second-order valence-corrected chi connectivity index (χ2v) is 5.29. The molecule has 0 aliphatic rings. The molecule has 70 valence electrons. The molecule has 0 unspecified atom stereocenters. The summed E-state index contributed by atoms with van der Waals surface area (Å²) >= 11 is 0.503. The summed E-state index contributed by atoms with van der Waals surface area (Å²) in [6.45, 7) is 6.73. The predicted molar refractivity (Wildman–Crippen MR) is 56.2 cm³/mol. The molecule has 0 saturated carbocycles. The molecule has 0 nitrogen and oxygen atoms in total. The van der Waals surface area contributed by atoms with E-state index in [1.54, 1.807) is 4.43 Å². The van der Waals surface area contributed by atoms with E-state index in [4.69, 9.17) is 0 Å². The third-order valence-corrected chi connectivity index (χ3v) is 3.94. The van der Waals surface area contributed by atoms with Crippen molar-refractivity contribution in [2.75, 3.05) is 0 Å². The van der Waals surface area contributed by atoms with Crippen molar-refractivity contribution in [2.24, 2.45) is 5.92 Å². The molecular weight excluding hydrogens is 178 g/mol. The maximum absolute atomic E-state index is 2.29. The Bertz CT molecular complexity index is 228. The van der Waals surface area contributed by atoms with Crippen LogP contribution >= 0.6 is 0 Å². The maximum Gasteiger partial charge on any atom is -1.00 e. The fourth-order valence-corrected chi connectivity index (χ4v) is 2.28. The van der Waals surface area contributed by atoms with Crippen molar-refractivity contribution in [3.63, 3.8) is 0 Å². The zero-order valence-corrected chi connectivity index (χ0v) is 9.70. The standard InChI is InChI=1S/C7H7.C4H9.Al.FH/c1-7-5-3-2-4-6-7;1-4(2)3;;/h3-6H,1H3;4H,1H2,2-3H3;;1H/q;;+1;/p-1. The fourth-order valence-electron chi connectivity index (χ4n) is 1.07. The van der Waals surface area contributed by atoms with Crippen molar-refractivity contribution in [1.29, 1.82) is 0 Å². The Kier molecular flexibility index (Phi) is 6.03. The molecule has 0 heterocycles. The average Bonchev–Trinajstić information content (AvgIpc) is 2.03. The maximum atomic E-state index is 2.29. The first-order chi connectivity index (χ1) is 5.68. The van der Waals surface area contributed by atoms with Gasteiger partial charge in [-0.3, -0.25) is 0 Å². The van der Waals surface area contributed by atoms with Gasteiger partial charge in [0.25, 0.3) is 0 Å². The van der Waals surface area contributed by atoms with Gasteiger partial charge in [0.1, 0.15) is 0 Å². The Balaban J connectivity index is 0.00000144. The molecule has 2 heteroatoms. The molecule has 0 aromatic heterocycles. The molecular formula is C11H16AlF.